The Morgan fingerprint density at radius 2 is 1.81 bits per heavy atom. The fourth-order valence-corrected chi connectivity index (χ4v) is 2.08. The zero-order valence-corrected chi connectivity index (χ0v) is 12.4. The number of hydrogen-bond acceptors (Lipinski definition) is 3. The van der Waals surface area contributed by atoms with Crippen LogP contribution in [-0.2, 0) is 6.54 Å². The lowest BCUT2D eigenvalue weighted by Gasteiger charge is -2.11. The standard InChI is InChI=1S/C17H21N3O/c1-11(2)13-5-3-12(4-6-13)10-20-16-9-14(17(19)21)7-8-15(16)18/h3-9,11,20H,10,18H2,1-2H3,(H2,19,21). The number of rotatable bonds is 5. The second kappa shape index (κ2) is 6.31. The summed E-state index contributed by atoms with van der Waals surface area (Å²) in [4.78, 5) is 11.2. The van der Waals surface area contributed by atoms with Gasteiger partial charge in [0.2, 0.25) is 5.91 Å². The van der Waals surface area contributed by atoms with E-state index in [0.29, 0.717) is 23.7 Å². The van der Waals surface area contributed by atoms with Gasteiger partial charge in [0.1, 0.15) is 0 Å². The summed E-state index contributed by atoms with van der Waals surface area (Å²) in [5.74, 6) is 0.0641. The van der Waals surface area contributed by atoms with Crippen molar-refractivity contribution in [3.63, 3.8) is 0 Å². The van der Waals surface area contributed by atoms with Crippen LogP contribution in [-0.4, -0.2) is 5.91 Å². The number of nitrogens with two attached hydrogens (primary N) is 2. The molecule has 0 aromatic heterocycles. The molecular formula is C17H21N3O. The van der Waals surface area contributed by atoms with Crippen LogP contribution in [0.15, 0.2) is 42.5 Å². The van der Waals surface area contributed by atoms with Crippen molar-refractivity contribution in [2.75, 3.05) is 11.1 Å². The Morgan fingerprint density at radius 1 is 1.14 bits per heavy atom. The number of benzene rings is 2. The molecule has 110 valence electrons. The van der Waals surface area contributed by atoms with E-state index < -0.39 is 5.91 Å². The zero-order valence-electron chi connectivity index (χ0n) is 12.4. The molecule has 0 atom stereocenters. The molecule has 0 radical (unpaired) electrons. The van der Waals surface area contributed by atoms with Crippen LogP contribution >= 0.6 is 0 Å². The van der Waals surface area contributed by atoms with Crippen LogP contribution in [0.2, 0.25) is 0 Å². The Kier molecular flexibility index (Phi) is 4.48. The summed E-state index contributed by atoms with van der Waals surface area (Å²) in [5.41, 5.74) is 15.4. The molecule has 0 heterocycles. The van der Waals surface area contributed by atoms with Gasteiger partial charge in [-0.15, -0.1) is 0 Å². The SMILES string of the molecule is CC(C)c1ccc(CNc2cc(C(N)=O)ccc2N)cc1. The molecule has 0 aliphatic heterocycles. The third kappa shape index (κ3) is 3.75. The first-order chi connectivity index (χ1) is 9.97. The van der Waals surface area contributed by atoms with E-state index in [1.54, 1.807) is 18.2 Å². The third-order valence-corrected chi connectivity index (χ3v) is 3.47. The summed E-state index contributed by atoms with van der Waals surface area (Å²) in [6.07, 6.45) is 0. The van der Waals surface area contributed by atoms with Crippen LogP contribution in [0.25, 0.3) is 0 Å². The van der Waals surface area contributed by atoms with Gasteiger partial charge in [0.05, 0.1) is 11.4 Å². The Balaban J connectivity index is 2.09. The number of nitrogen functional groups attached to an aromatic ring is 1. The summed E-state index contributed by atoms with van der Waals surface area (Å²) < 4.78 is 0. The average Bonchev–Trinajstić information content (AvgIpc) is 2.46. The lowest BCUT2D eigenvalue weighted by molar-refractivity contribution is 0.100. The summed E-state index contributed by atoms with van der Waals surface area (Å²) in [6.45, 7) is 4.98. The number of nitrogens with one attached hydrogen (secondary N) is 1. The number of carbonyl (C=O) groups is 1. The van der Waals surface area contributed by atoms with Crippen molar-refractivity contribution in [1.82, 2.24) is 0 Å². The minimum atomic E-state index is -0.459. The van der Waals surface area contributed by atoms with Crippen LogP contribution in [0.4, 0.5) is 11.4 Å². The minimum Gasteiger partial charge on any atom is -0.397 e. The third-order valence-electron chi connectivity index (χ3n) is 3.47. The van der Waals surface area contributed by atoms with Crippen LogP contribution in [0.3, 0.4) is 0 Å². The van der Waals surface area contributed by atoms with E-state index in [-0.39, 0.29) is 0 Å². The largest absolute Gasteiger partial charge is 0.397 e. The van der Waals surface area contributed by atoms with Crippen molar-refractivity contribution in [2.24, 2.45) is 5.73 Å². The highest BCUT2D eigenvalue weighted by Gasteiger charge is 2.05. The molecule has 0 saturated carbocycles. The summed E-state index contributed by atoms with van der Waals surface area (Å²) in [6, 6.07) is 13.4. The van der Waals surface area contributed by atoms with Crippen molar-refractivity contribution < 1.29 is 4.79 Å². The predicted molar refractivity (Wildman–Crippen MR) is 87.2 cm³/mol. The van der Waals surface area contributed by atoms with Gasteiger partial charge in [0, 0.05) is 12.1 Å². The van der Waals surface area contributed by atoms with Gasteiger partial charge in [-0.25, -0.2) is 0 Å². The molecule has 0 spiro atoms. The molecule has 4 nitrogen and oxygen atoms in total. The Bertz CT molecular complexity index is 633. The first-order valence-corrected chi connectivity index (χ1v) is 6.99. The van der Waals surface area contributed by atoms with E-state index in [0.717, 1.165) is 11.3 Å². The molecule has 5 N–H and O–H groups in total. The molecule has 0 unspecified atom stereocenters. The molecular weight excluding hydrogens is 262 g/mol. The molecule has 0 aliphatic carbocycles. The second-order valence-corrected chi connectivity index (χ2v) is 5.42. The number of primary amides is 1. The number of amides is 1. The van der Waals surface area contributed by atoms with Crippen LogP contribution in [0, 0.1) is 0 Å². The van der Waals surface area contributed by atoms with Gasteiger partial charge in [-0.3, -0.25) is 4.79 Å². The molecule has 2 rings (SSSR count). The Hall–Kier alpha value is -2.49. The van der Waals surface area contributed by atoms with Gasteiger partial charge in [-0.1, -0.05) is 38.1 Å². The topological polar surface area (TPSA) is 81.1 Å². The summed E-state index contributed by atoms with van der Waals surface area (Å²) in [5, 5.41) is 3.24. The van der Waals surface area contributed by atoms with Crippen molar-refractivity contribution in [3.8, 4) is 0 Å². The quantitative estimate of drug-likeness (QED) is 0.737. The highest BCUT2D eigenvalue weighted by Crippen LogP contribution is 2.21. The van der Waals surface area contributed by atoms with Gasteiger partial charge in [0.25, 0.3) is 0 Å². The van der Waals surface area contributed by atoms with Gasteiger partial charge < -0.3 is 16.8 Å². The van der Waals surface area contributed by atoms with Gasteiger partial charge in [-0.2, -0.15) is 0 Å². The second-order valence-electron chi connectivity index (χ2n) is 5.42. The van der Waals surface area contributed by atoms with Crippen molar-refractivity contribution in [3.05, 3.63) is 59.2 Å². The normalized spacial score (nSPS) is 10.6. The minimum absolute atomic E-state index is 0.446. The predicted octanol–water partition coefficient (Wildman–Crippen LogP) is 3.10. The number of anilines is 2. The van der Waals surface area contributed by atoms with Crippen LogP contribution in [0.5, 0.6) is 0 Å². The molecule has 0 aliphatic rings. The maximum absolute atomic E-state index is 11.2. The number of carbonyl (C=O) groups excluding carboxylic acids is 1. The molecule has 2 aromatic rings. The summed E-state index contributed by atoms with van der Waals surface area (Å²) in [7, 11) is 0. The van der Waals surface area contributed by atoms with Gasteiger partial charge in [-0.05, 0) is 35.2 Å². The lowest BCUT2D eigenvalue weighted by Crippen LogP contribution is -2.12. The van der Waals surface area contributed by atoms with E-state index in [4.69, 9.17) is 11.5 Å². The van der Waals surface area contributed by atoms with Crippen LogP contribution < -0.4 is 16.8 Å². The molecule has 0 fully saturated rings. The van der Waals surface area contributed by atoms with Crippen LogP contribution in [0.1, 0.15) is 41.3 Å². The monoisotopic (exact) mass is 283 g/mol. The average molecular weight is 283 g/mol. The molecule has 21 heavy (non-hydrogen) atoms. The fraction of sp³-hybridized carbons (Fsp3) is 0.235. The van der Waals surface area contributed by atoms with Crippen molar-refractivity contribution in [1.29, 1.82) is 0 Å². The maximum Gasteiger partial charge on any atom is 0.248 e. The smallest absolute Gasteiger partial charge is 0.248 e. The Morgan fingerprint density at radius 3 is 2.38 bits per heavy atom. The molecule has 4 heteroatoms. The molecule has 0 saturated heterocycles. The van der Waals surface area contributed by atoms with E-state index in [9.17, 15) is 4.79 Å². The first-order valence-electron chi connectivity index (χ1n) is 6.99. The van der Waals surface area contributed by atoms with E-state index in [1.807, 2.05) is 0 Å². The van der Waals surface area contributed by atoms with E-state index in [1.165, 1.54) is 5.56 Å². The van der Waals surface area contributed by atoms with Gasteiger partial charge >= 0.3 is 0 Å². The molecule has 2 aromatic carbocycles. The van der Waals surface area contributed by atoms with E-state index in [2.05, 4.69) is 43.4 Å². The molecule has 0 bridgehead atoms. The number of hydrogen-bond donors (Lipinski definition) is 3. The van der Waals surface area contributed by atoms with Crippen molar-refractivity contribution >= 4 is 17.3 Å². The van der Waals surface area contributed by atoms with Gasteiger partial charge in [0.15, 0.2) is 0 Å². The van der Waals surface area contributed by atoms with E-state index >= 15 is 0 Å². The lowest BCUT2D eigenvalue weighted by atomic mass is 10.0. The molecule has 1 amide bonds. The zero-order chi connectivity index (χ0) is 15.4. The first kappa shape index (κ1) is 14.9. The highest BCUT2D eigenvalue weighted by molar-refractivity contribution is 5.94. The maximum atomic E-state index is 11.2. The van der Waals surface area contributed by atoms with Crippen molar-refractivity contribution in [2.45, 2.75) is 26.3 Å². The highest BCUT2D eigenvalue weighted by atomic mass is 16.1. The summed E-state index contributed by atoms with van der Waals surface area (Å²) >= 11 is 0. The Labute approximate surface area is 125 Å². The fourth-order valence-electron chi connectivity index (χ4n) is 2.08.